The predicted molar refractivity (Wildman–Crippen MR) is 70.1 cm³/mol. The van der Waals surface area contributed by atoms with E-state index in [1.54, 1.807) is 18.2 Å². The molecule has 1 aromatic rings. The fraction of sp³-hybridized carbons (Fsp3) is 0.538. The lowest BCUT2D eigenvalue weighted by Gasteiger charge is -2.30. The number of halogens is 3. The highest BCUT2D eigenvalue weighted by molar-refractivity contribution is 6.42. The number of benzene rings is 1. The highest BCUT2D eigenvalue weighted by atomic mass is 35.5. The minimum atomic E-state index is -1.58. The predicted octanol–water partition coefficient (Wildman–Crippen LogP) is 4.48. The lowest BCUT2D eigenvalue weighted by Crippen LogP contribution is -2.42. The Balaban J connectivity index is 2.18. The smallest absolute Gasteiger partial charge is 0.269 e. The Kier molecular flexibility index (Phi) is 3.52. The summed E-state index contributed by atoms with van der Waals surface area (Å²) >= 11 is 11.8. The van der Waals surface area contributed by atoms with Gasteiger partial charge >= 0.3 is 0 Å². The summed E-state index contributed by atoms with van der Waals surface area (Å²) in [5.41, 5.74) is -1.25. The van der Waals surface area contributed by atoms with E-state index in [2.05, 4.69) is 0 Å². The standard InChI is InChI=1S/C13H15Cl2FO2/c1-12(2,3)13(7-17-13)11(16)18-9-6-4-5-8(14)10(9)15/h4-6,11H,7H2,1-3H3. The molecule has 0 spiro atoms. The summed E-state index contributed by atoms with van der Waals surface area (Å²) in [5, 5.41) is 0.550. The fourth-order valence-corrected chi connectivity index (χ4v) is 2.10. The van der Waals surface area contributed by atoms with Gasteiger partial charge in [-0.1, -0.05) is 50.0 Å². The molecule has 0 saturated carbocycles. The van der Waals surface area contributed by atoms with Crippen molar-refractivity contribution in [2.75, 3.05) is 6.61 Å². The van der Waals surface area contributed by atoms with Gasteiger partial charge in [-0.2, -0.15) is 4.39 Å². The normalized spacial score (nSPS) is 24.8. The molecular formula is C13H15Cl2FO2. The Morgan fingerprint density at radius 1 is 1.39 bits per heavy atom. The maximum absolute atomic E-state index is 14.3. The van der Waals surface area contributed by atoms with Crippen molar-refractivity contribution in [1.82, 2.24) is 0 Å². The first-order valence-corrected chi connectivity index (χ1v) is 6.42. The van der Waals surface area contributed by atoms with Gasteiger partial charge in [0.05, 0.1) is 11.6 Å². The molecule has 5 heteroatoms. The number of epoxide rings is 1. The zero-order valence-electron chi connectivity index (χ0n) is 10.5. The molecule has 1 aliphatic heterocycles. The van der Waals surface area contributed by atoms with Crippen LogP contribution in [0.15, 0.2) is 18.2 Å². The topological polar surface area (TPSA) is 21.8 Å². The van der Waals surface area contributed by atoms with Crippen LogP contribution in [0.4, 0.5) is 4.39 Å². The summed E-state index contributed by atoms with van der Waals surface area (Å²) in [5.74, 6) is 0.232. The molecule has 0 radical (unpaired) electrons. The first kappa shape index (κ1) is 13.9. The molecule has 0 N–H and O–H groups in total. The van der Waals surface area contributed by atoms with E-state index in [0.717, 1.165) is 0 Å². The minimum Gasteiger partial charge on any atom is -0.456 e. The van der Waals surface area contributed by atoms with Crippen LogP contribution in [0.1, 0.15) is 20.8 Å². The summed E-state index contributed by atoms with van der Waals surface area (Å²) in [4.78, 5) is 0. The zero-order chi connectivity index (χ0) is 13.6. The van der Waals surface area contributed by atoms with Crippen LogP contribution in [-0.2, 0) is 4.74 Å². The maximum atomic E-state index is 14.3. The zero-order valence-corrected chi connectivity index (χ0v) is 12.0. The number of hydrogen-bond acceptors (Lipinski definition) is 2. The first-order chi connectivity index (χ1) is 8.28. The van der Waals surface area contributed by atoms with E-state index < -0.39 is 12.0 Å². The molecule has 1 saturated heterocycles. The van der Waals surface area contributed by atoms with Crippen molar-refractivity contribution >= 4 is 23.2 Å². The van der Waals surface area contributed by atoms with Crippen LogP contribution < -0.4 is 4.74 Å². The third kappa shape index (κ3) is 2.31. The van der Waals surface area contributed by atoms with Crippen LogP contribution in [-0.4, -0.2) is 18.6 Å². The van der Waals surface area contributed by atoms with Crippen LogP contribution in [0.25, 0.3) is 0 Å². The Morgan fingerprint density at radius 3 is 2.50 bits per heavy atom. The van der Waals surface area contributed by atoms with Gasteiger partial charge in [0, 0.05) is 0 Å². The second kappa shape index (κ2) is 4.55. The summed E-state index contributed by atoms with van der Waals surface area (Å²) in [6.07, 6.45) is -1.58. The van der Waals surface area contributed by atoms with Gasteiger partial charge in [0.15, 0.2) is 5.60 Å². The second-order valence-corrected chi connectivity index (χ2v) is 6.20. The average Bonchev–Trinajstić information content (AvgIpc) is 3.04. The van der Waals surface area contributed by atoms with Gasteiger partial charge < -0.3 is 9.47 Å². The summed E-state index contributed by atoms with van der Waals surface area (Å²) < 4.78 is 24.8. The monoisotopic (exact) mass is 292 g/mol. The molecule has 0 bridgehead atoms. The Bertz CT molecular complexity index is 453. The van der Waals surface area contributed by atoms with Crippen molar-refractivity contribution in [3.05, 3.63) is 28.2 Å². The molecule has 2 rings (SSSR count). The quantitative estimate of drug-likeness (QED) is 0.766. The highest BCUT2D eigenvalue weighted by Gasteiger charge is 2.62. The molecule has 0 aliphatic carbocycles. The van der Waals surface area contributed by atoms with Gasteiger partial charge in [-0.3, -0.25) is 0 Å². The van der Waals surface area contributed by atoms with E-state index in [9.17, 15) is 4.39 Å². The summed E-state index contributed by atoms with van der Waals surface area (Å²) in [6.45, 7) is 6.08. The first-order valence-electron chi connectivity index (χ1n) is 5.67. The molecule has 1 aromatic carbocycles. The molecule has 1 aliphatic rings. The van der Waals surface area contributed by atoms with E-state index in [-0.39, 0.29) is 16.2 Å². The molecule has 1 fully saturated rings. The van der Waals surface area contributed by atoms with Crippen molar-refractivity contribution in [1.29, 1.82) is 0 Å². The van der Waals surface area contributed by atoms with E-state index >= 15 is 0 Å². The average molecular weight is 293 g/mol. The highest BCUT2D eigenvalue weighted by Crippen LogP contribution is 2.49. The van der Waals surface area contributed by atoms with Crippen LogP contribution >= 0.6 is 23.2 Å². The third-order valence-electron chi connectivity index (χ3n) is 3.24. The largest absolute Gasteiger partial charge is 0.456 e. The maximum Gasteiger partial charge on any atom is 0.269 e. The van der Waals surface area contributed by atoms with Crippen LogP contribution in [0.3, 0.4) is 0 Å². The van der Waals surface area contributed by atoms with Crippen molar-refractivity contribution in [3.63, 3.8) is 0 Å². The van der Waals surface area contributed by atoms with Gasteiger partial charge in [-0.15, -0.1) is 0 Å². The van der Waals surface area contributed by atoms with Crippen molar-refractivity contribution in [2.45, 2.75) is 32.7 Å². The summed E-state index contributed by atoms with van der Waals surface area (Å²) in [6, 6.07) is 4.87. The number of alkyl halides is 1. The van der Waals surface area contributed by atoms with Crippen molar-refractivity contribution < 1.29 is 13.9 Å². The van der Waals surface area contributed by atoms with E-state index in [1.807, 2.05) is 20.8 Å². The Hall–Kier alpha value is -0.510. The van der Waals surface area contributed by atoms with E-state index in [1.165, 1.54) is 0 Å². The van der Waals surface area contributed by atoms with Crippen molar-refractivity contribution in [3.8, 4) is 5.75 Å². The molecule has 2 atom stereocenters. The van der Waals surface area contributed by atoms with E-state index in [0.29, 0.717) is 11.6 Å². The summed E-state index contributed by atoms with van der Waals surface area (Å²) in [7, 11) is 0. The van der Waals surface area contributed by atoms with Gasteiger partial charge in [0.25, 0.3) is 6.36 Å². The van der Waals surface area contributed by atoms with Gasteiger partial charge in [0.2, 0.25) is 0 Å². The fourth-order valence-electron chi connectivity index (χ4n) is 1.76. The molecule has 1 heterocycles. The Morgan fingerprint density at radius 2 is 2.00 bits per heavy atom. The molecule has 0 aromatic heterocycles. The number of ether oxygens (including phenoxy) is 2. The van der Waals surface area contributed by atoms with E-state index in [4.69, 9.17) is 32.7 Å². The van der Waals surface area contributed by atoms with Gasteiger partial charge in [-0.25, -0.2) is 0 Å². The molecule has 0 amide bonds. The molecule has 100 valence electrons. The van der Waals surface area contributed by atoms with Crippen LogP contribution in [0, 0.1) is 5.41 Å². The van der Waals surface area contributed by atoms with Crippen LogP contribution in [0.2, 0.25) is 10.0 Å². The van der Waals surface area contributed by atoms with Gasteiger partial charge in [0.1, 0.15) is 10.8 Å². The van der Waals surface area contributed by atoms with Gasteiger partial charge in [-0.05, 0) is 17.5 Å². The Labute approximate surface area is 116 Å². The molecular weight excluding hydrogens is 278 g/mol. The molecule has 18 heavy (non-hydrogen) atoms. The second-order valence-electron chi connectivity index (χ2n) is 5.41. The number of hydrogen-bond donors (Lipinski definition) is 0. The number of rotatable bonds is 3. The lowest BCUT2D eigenvalue weighted by atomic mass is 9.81. The third-order valence-corrected chi connectivity index (χ3v) is 4.04. The molecule has 2 nitrogen and oxygen atoms in total. The lowest BCUT2D eigenvalue weighted by molar-refractivity contribution is -0.0543. The SMILES string of the molecule is CC(C)(C)C1(C(F)Oc2cccc(Cl)c2Cl)CO1. The molecule has 2 unspecified atom stereocenters. The minimum absolute atomic E-state index is 0.214. The van der Waals surface area contributed by atoms with Crippen molar-refractivity contribution in [2.24, 2.45) is 5.41 Å². The van der Waals surface area contributed by atoms with Crippen LogP contribution in [0.5, 0.6) is 5.75 Å².